The van der Waals surface area contributed by atoms with Crippen molar-refractivity contribution in [3.63, 3.8) is 0 Å². The number of alkyl carbamates (subject to hydrolysis) is 1. The van der Waals surface area contributed by atoms with Gasteiger partial charge in [-0.2, -0.15) is 0 Å². The highest BCUT2D eigenvalue weighted by Crippen LogP contribution is 2.38. The molecule has 1 atom stereocenters. The van der Waals surface area contributed by atoms with Crippen LogP contribution in [0, 0.1) is 5.82 Å². The van der Waals surface area contributed by atoms with E-state index in [9.17, 15) is 14.0 Å². The molecule has 136 valence electrons. The highest BCUT2D eigenvalue weighted by Gasteiger charge is 2.44. The summed E-state index contributed by atoms with van der Waals surface area (Å²) in [4.78, 5) is 23.4. The Morgan fingerprint density at radius 2 is 2.00 bits per heavy atom. The van der Waals surface area contributed by atoms with Gasteiger partial charge in [-0.05, 0) is 23.8 Å². The molecule has 26 heavy (non-hydrogen) atoms. The Morgan fingerprint density at radius 1 is 1.23 bits per heavy atom. The van der Waals surface area contributed by atoms with Gasteiger partial charge in [-0.3, -0.25) is 5.32 Å². The van der Waals surface area contributed by atoms with Crippen LogP contribution < -0.4 is 10.1 Å². The zero-order valence-corrected chi connectivity index (χ0v) is 13.6. The Kier molecular flexibility index (Phi) is 4.92. The first-order valence-corrected chi connectivity index (χ1v) is 7.82. The molecule has 2 aromatic carbocycles. The second-order valence-electron chi connectivity index (χ2n) is 5.62. The van der Waals surface area contributed by atoms with E-state index in [0.717, 1.165) is 11.6 Å². The fraction of sp³-hybridized carbons (Fsp3) is 0.222. The summed E-state index contributed by atoms with van der Waals surface area (Å²) in [6, 6.07) is 12.5. The fourth-order valence-electron chi connectivity index (χ4n) is 2.72. The van der Waals surface area contributed by atoms with Crippen LogP contribution in [0.4, 0.5) is 14.0 Å². The largest absolute Gasteiger partial charge is 0.508 e. The van der Waals surface area contributed by atoms with Gasteiger partial charge < -0.3 is 19.3 Å². The number of carbonyl (C=O) groups excluding carboxylic acids is 1. The van der Waals surface area contributed by atoms with Crippen LogP contribution in [-0.4, -0.2) is 24.0 Å². The minimum Gasteiger partial charge on any atom is -0.493 e. The van der Waals surface area contributed by atoms with Crippen LogP contribution in [0.5, 0.6) is 5.75 Å². The van der Waals surface area contributed by atoms with E-state index in [1.165, 1.54) is 12.1 Å². The summed E-state index contributed by atoms with van der Waals surface area (Å²) in [6.07, 6.45) is -2.55. The summed E-state index contributed by atoms with van der Waals surface area (Å²) in [7, 11) is 0. The first kappa shape index (κ1) is 17.5. The van der Waals surface area contributed by atoms with E-state index < -0.39 is 23.8 Å². The first-order valence-electron chi connectivity index (χ1n) is 7.82. The molecule has 1 amide bonds. The van der Waals surface area contributed by atoms with E-state index in [1.807, 2.05) is 6.07 Å². The topological polar surface area (TPSA) is 94.1 Å². The minimum atomic E-state index is -1.80. The molecule has 0 bridgehead atoms. The van der Waals surface area contributed by atoms with Gasteiger partial charge in [0.05, 0.1) is 12.2 Å². The average molecular weight is 361 g/mol. The van der Waals surface area contributed by atoms with E-state index in [2.05, 4.69) is 5.32 Å². The van der Waals surface area contributed by atoms with Crippen molar-refractivity contribution in [1.29, 1.82) is 0 Å². The Labute approximate surface area is 148 Å². The Hall–Kier alpha value is -3.29. The molecule has 0 saturated carbocycles. The number of carbonyl (C=O) groups is 2. The van der Waals surface area contributed by atoms with E-state index in [0.29, 0.717) is 0 Å². The number of amides is 1. The SMILES string of the molecule is O=C(O)OC1(NC(=O)OCc2ccccc2)CCOc2ccc(F)cc21. The number of ether oxygens (including phenoxy) is 3. The van der Waals surface area contributed by atoms with Crippen molar-refractivity contribution in [2.75, 3.05) is 6.61 Å². The molecule has 0 spiro atoms. The van der Waals surface area contributed by atoms with Crippen molar-refractivity contribution >= 4 is 12.2 Å². The maximum atomic E-state index is 13.7. The van der Waals surface area contributed by atoms with Crippen LogP contribution in [0.3, 0.4) is 0 Å². The summed E-state index contributed by atoms with van der Waals surface area (Å²) in [5.41, 5.74) is -0.966. The quantitative estimate of drug-likeness (QED) is 0.640. The molecule has 0 saturated heterocycles. The van der Waals surface area contributed by atoms with Gasteiger partial charge in [0.15, 0.2) is 0 Å². The van der Waals surface area contributed by atoms with Crippen molar-refractivity contribution in [1.82, 2.24) is 5.32 Å². The summed E-state index contributed by atoms with van der Waals surface area (Å²) in [5, 5.41) is 11.5. The van der Waals surface area contributed by atoms with Gasteiger partial charge in [0.1, 0.15) is 18.2 Å². The van der Waals surface area contributed by atoms with Crippen LogP contribution in [0.1, 0.15) is 17.5 Å². The summed E-state index contributed by atoms with van der Waals surface area (Å²) in [5.74, 6) is -0.394. The van der Waals surface area contributed by atoms with Crippen LogP contribution in [0.2, 0.25) is 0 Å². The molecule has 7 nitrogen and oxygen atoms in total. The number of hydrogen-bond acceptors (Lipinski definition) is 5. The lowest BCUT2D eigenvalue weighted by Gasteiger charge is -2.37. The molecule has 0 aliphatic carbocycles. The number of halogens is 1. The van der Waals surface area contributed by atoms with Crippen molar-refractivity contribution in [2.24, 2.45) is 0 Å². The molecule has 1 aliphatic rings. The Bertz CT molecular complexity index is 813. The standard InChI is InChI=1S/C18H16FNO6/c19-13-6-7-15-14(10-13)18(8-9-24-15,26-17(22)23)20-16(21)25-11-12-4-2-1-3-5-12/h1-7,10H,8-9,11H2,(H,20,21)(H,22,23). The van der Waals surface area contributed by atoms with E-state index in [4.69, 9.17) is 19.3 Å². The normalized spacial score (nSPS) is 18.2. The Balaban J connectivity index is 1.82. The smallest absolute Gasteiger partial charge is 0.493 e. The second-order valence-corrected chi connectivity index (χ2v) is 5.62. The van der Waals surface area contributed by atoms with Gasteiger partial charge in [-0.1, -0.05) is 30.3 Å². The van der Waals surface area contributed by atoms with Crippen LogP contribution >= 0.6 is 0 Å². The molecule has 2 N–H and O–H groups in total. The van der Waals surface area contributed by atoms with E-state index in [-0.39, 0.29) is 30.9 Å². The third-order valence-corrected chi connectivity index (χ3v) is 3.87. The molecule has 1 unspecified atom stereocenters. The third-order valence-electron chi connectivity index (χ3n) is 3.87. The fourth-order valence-corrected chi connectivity index (χ4v) is 2.72. The highest BCUT2D eigenvalue weighted by atomic mass is 19.1. The lowest BCUT2D eigenvalue weighted by atomic mass is 9.96. The number of carboxylic acid groups (broad SMARTS) is 1. The predicted molar refractivity (Wildman–Crippen MR) is 87.1 cm³/mol. The summed E-state index contributed by atoms with van der Waals surface area (Å²) in [6.45, 7) is 0.0627. The van der Waals surface area contributed by atoms with Gasteiger partial charge in [-0.25, -0.2) is 14.0 Å². The summed E-state index contributed by atoms with van der Waals surface area (Å²) >= 11 is 0. The monoisotopic (exact) mass is 361 g/mol. The maximum Gasteiger partial charge on any atom is 0.508 e. The lowest BCUT2D eigenvalue weighted by molar-refractivity contribution is -0.0661. The second kappa shape index (κ2) is 7.30. The third kappa shape index (κ3) is 3.85. The predicted octanol–water partition coefficient (Wildman–Crippen LogP) is 3.38. The molecular weight excluding hydrogens is 345 g/mol. The van der Waals surface area contributed by atoms with Crippen molar-refractivity contribution < 1.29 is 33.3 Å². The molecule has 0 fully saturated rings. The van der Waals surface area contributed by atoms with Gasteiger partial charge in [0.25, 0.3) is 0 Å². The van der Waals surface area contributed by atoms with Gasteiger partial charge in [0.2, 0.25) is 5.72 Å². The number of rotatable bonds is 4. The zero-order valence-electron chi connectivity index (χ0n) is 13.6. The first-order chi connectivity index (χ1) is 12.5. The van der Waals surface area contributed by atoms with Crippen LogP contribution in [-0.2, 0) is 21.8 Å². The molecule has 2 aromatic rings. The van der Waals surface area contributed by atoms with Crippen molar-refractivity contribution in [3.8, 4) is 5.75 Å². The molecule has 0 radical (unpaired) electrons. The van der Waals surface area contributed by atoms with Crippen molar-refractivity contribution in [3.05, 3.63) is 65.5 Å². The summed E-state index contributed by atoms with van der Waals surface area (Å²) < 4.78 is 29.1. The molecule has 8 heteroatoms. The maximum absolute atomic E-state index is 13.7. The zero-order chi connectivity index (χ0) is 18.6. The van der Waals surface area contributed by atoms with Gasteiger partial charge in [0, 0.05) is 6.42 Å². The minimum absolute atomic E-state index is 0.0116. The lowest BCUT2D eigenvalue weighted by Crippen LogP contribution is -2.52. The van der Waals surface area contributed by atoms with Crippen LogP contribution in [0.25, 0.3) is 0 Å². The molecule has 3 rings (SSSR count). The molecular formula is C18H16FNO6. The molecule has 1 heterocycles. The average Bonchev–Trinajstić information content (AvgIpc) is 2.61. The Morgan fingerprint density at radius 3 is 2.73 bits per heavy atom. The van der Waals surface area contributed by atoms with E-state index >= 15 is 0 Å². The van der Waals surface area contributed by atoms with Gasteiger partial charge >= 0.3 is 12.2 Å². The number of nitrogens with one attached hydrogen (secondary N) is 1. The van der Waals surface area contributed by atoms with Gasteiger partial charge in [-0.15, -0.1) is 0 Å². The molecule has 0 aromatic heterocycles. The highest BCUT2D eigenvalue weighted by molar-refractivity contribution is 5.70. The van der Waals surface area contributed by atoms with Crippen LogP contribution in [0.15, 0.2) is 48.5 Å². The molecule has 1 aliphatic heterocycles. The number of fused-ring (bicyclic) bond motifs is 1. The number of benzene rings is 2. The van der Waals surface area contributed by atoms with E-state index in [1.54, 1.807) is 24.3 Å². The van der Waals surface area contributed by atoms with Crippen molar-refractivity contribution in [2.45, 2.75) is 18.8 Å². The number of hydrogen-bond donors (Lipinski definition) is 2.